The summed E-state index contributed by atoms with van der Waals surface area (Å²) < 4.78 is 1.67. The Bertz CT molecular complexity index is 1380. The van der Waals surface area contributed by atoms with Gasteiger partial charge in [0, 0.05) is 55.9 Å². The zero-order valence-electron chi connectivity index (χ0n) is 18.8. The van der Waals surface area contributed by atoms with Crippen LogP contribution in [-0.2, 0) is 7.05 Å². The molecule has 4 aromatic rings. The van der Waals surface area contributed by atoms with Crippen LogP contribution < -0.4 is 16.4 Å². The highest BCUT2D eigenvalue weighted by Gasteiger charge is 2.24. The number of hydrogen-bond acceptors (Lipinski definition) is 7. The number of nitrogens with two attached hydrogens (primary N) is 1. The van der Waals surface area contributed by atoms with Crippen LogP contribution in [0, 0.1) is 5.92 Å². The van der Waals surface area contributed by atoms with Gasteiger partial charge in [-0.3, -0.25) is 15.0 Å². The lowest BCUT2D eigenvalue weighted by Gasteiger charge is -2.36. The highest BCUT2D eigenvalue weighted by molar-refractivity contribution is 6.35. The number of aromatic nitrogens is 5. The molecule has 34 heavy (non-hydrogen) atoms. The molecule has 3 aromatic heterocycles. The third kappa shape index (κ3) is 4.37. The largest absolute Gasteiger partial charge is 0.381 e. The predicted octanol–water partition coefficient (Wildman–Crippen LogP) is 3.01. The fourth-order valence-corrected chi connectivity index (χ4v) is 4.37. The van der Waals surface area contributed by atoms with Gasteiger partial charge in [0.05, 0.1) is 10.5 Å². The van der Waals surface area contributed by atoms with Gasteiger partial charge >= 0.3 is 6.03 Å². The lowest BCUT2D eigenvalue weighted by atomic mass is 10.0. The maximum absolute atomic E-state index is 12.5. The number of benzene rings is 1. The van der Waals surface area contributed by atoms with Gasteiger partial charge in [0.25, 0.3) is 0 Å². The summed E-state index contributed by atoms with van der Waals surface area (Å²) in [6.45, 7) is 2.50. The average Bonchev–Trinajstić information content (AvgIpc) is 3.23. The Morgan fingerprint density at radius 2 is 2.03 bits per heavy atom. The summed E-state index contributed by atoms with van der Waals surface area (Å²) in [5.74, 6) is 0.700. The molecule has 1 aromatic carbocycles. The fraction of sp³-hybridized carbons (Fsp3) is 0.261. The van der Waals surface area contributed by atoms with Crippen molar-refractivity contribution in [3.8, 4) is 22.6 Å². The van der Waals surface area contributed by atoms with Crippen molar-refractivity contribution >= 4 is 40.2 Å². The number of pyridine rings is 1. The van der Waals surface area contributed by atoms with Crippen LogP contribution in [0.3, 0.4) is 0 Å². The number of urea groups is 1. The van der Waals surface area contributed by atoms with Gasteiger partial charge in [-0.25, -0.2) is 14.8 Å². The first-order valence-electron chi connectivity index (χ1n) is 10.8. The topological polar surface area (TPSA) is 127 Å². The van der Waals surface area contributed by atoms with Gasteiger partial charge in [-0.2, -0.15) is 5.10 Å². The zero-order chi connectivity index (χ0) is 23.8. The van der Waals surface area contributed by atoms with Gasteiger partial charge in [-0.15, -0.1) is 0 Å². The van der Waals surface area contributed by atoms with Crippen LogP contribution in [-0.4, -0.2) is 62.3 Å². The molecule has 11 heteroatoms. The summed E-state index contributed by atoms with van der Waals surface area (Å²) in [7, 11) is 3.87. The number of carbonyl (C=O) groups is 1. The zero-order valence-corrected chi connectivity index (χ0v) is 19.5. The van der Waals surface area contributed by atoms with E-state index in [-0.39, 0.29) is 17.7 Å². The van der Waals surface area contributed by atoms with Crippen LogP contribution in [0.4, 0.5) is 16.4 Å². The second kappa shape index (κ2) is 8.88. The van der Waals surface area contributed by atoms with Gasteiger partial charge in [0.2, 0.25) is 0 Å². The quantitative estimate of drug-likeness (QED) is 0.403. The van der Waals surface area contributed by atoms with Gasteiger partial charge in [0.15, 0.2) is 11.6 Å². The molecule has 10 nitrogen and oxygen atoms in total. The maximum atomic E-state index is 12.5. The Labute approximate surface area is 201 Å². The van der Waals surface area contributed by atoms with Crippen molar-refractivity contribution in [2.45, 2.75) is 0 Å². The Balaban J connectivity index is 1.52. The summed E-state index contributed by atoms with van der Waals surface area (Å²) in [4.78, 5) is 28.3. The third-order valence-corrected chi connectivity index (χ3v) is 6.02. The number of carbonyl (C=O) groups excluding carboxylic acids is 1. The van der Waals surface area contributed by atoms with Gasteiger partial charge < -0.3 is 16.0 Å². The van der Waals surface area contributed by atoms with Crippen molar-refractivity contribution in [2.75, 3.05) is 37.7 Å². The molecule has 0 radical (unpaired) electrons. The highest BCUT2D eigenvalue weighted by Crippen LogP contribution is 2.35. The number of hydrogen-bond donors (Lipinski definition) is 3. The second-order valence-electron chi connectivity index (χ2n) is 8.48. The molecule has 4 N–H and O–H groups in total. The Kier molecular flexibility index (Phi) is 5.76. The maximum Gasteiger partial charge on any atom is 0.320 e. The van der Waals surface area contributed by atoms with Crippen molar-refractivity contribution in [3.63, 3.8) is 0 Å². The third-order valence-electron chi connectivity index (χ3n) is 5.73. The summed E-state index contributed by atoms with van der Waals surface area (Å²) >= 11 is 6.53. The summed E-state index contributed by atoms with van der Waals surface area (Å²) in [6, 6.07) is 8.92. The molecule has 0 saturated carbocycles. The number of halogens is 1. The smallest absolute Gasteiger partial charge is 0.320 e. The number of nitrogens with zero attached hydrogens (tertiary/aromatic N) is 6. The number of amides is 2. The minimum absolute atomic E-state index is 0.0940. The summed E-state index contributed by atoms with van der Waals surface area (Å²) in [6.07, 6.45) is 3.50. The van der Waals surface area contributed by atoms with E-state index < -0.39 is 0 Å². The van der Waals surface area contributed by atoms with E-state index in [0.29, 0.717) is 45.6 Å². The Morgan fingerprint density at radius 1 is 1.21 bits per heavy atom. The molecule has 1 aliphatic rings. The number of aryl methyl sites for hydroxylation is 1. The van der Waals surface area contributed by atoms with Crippen LogP contribution >= 0.6 is 11.6 Å². The number of fused-ring (bicyclic) bond motifs is 1. The van der Waals surface area contributed by atoms with E-state index in [4.69, 9.17) is 22.3 Å². The van der Waals surface area contributed by atoms with E-state index in [2.05, 4.69) is 30.6 Å². The molecule has 0 unspecified atom stereocenters. The van der Waals surface area contributed by atoms with Crippen LogP contribution in [0.2, 0.25) is 5.02 Å². The normalized spacial score (nSPS) is 14.2. The van der Waals surface area contributed by atoms with E-state index in [0.717, 1.165) is 18.5 Å². The molecule has 4 heterocycles. The predicted molar refractivity (Wildman–Crippen MR) is 132 cm³/mol. The van der Waals surface area contributed by atoms with Crippen molar-refractivity contribution in [1.29, 1.82) is 0 Å². The minimum atomic E-state index is -0.382. The van der Waals surface area contributed by atoms with E-state index in [1.165, 1.54) is 0 Å². The number of anilines is 2. The standard InChI is InChI=1S/C23H24ClN9O/c1-32-11-13(12-32)10-27-23(34)30-22-21(25)28-20(17-5-7-33(2)31-17)19(29-22)15-8-14-4-3-6-26-18(14)16(24)9-15/h3-9,13H,10-12H2,1-2H3,(H2,25,28)(H2,27,29,30,34). The fourth-order valence-electron chi connectivity index (χ4n) is 4.09. The Hall–Kier alpha value is -3.76. The van der Waals surface area contributed by atoms with E-state index in [9.17, 15) is 4.79 Å². The molecule has 0 aliphatic carbocycles. The molecule has 1 fully saturated rings. The van der Waals surface area contributed by atoms with Crippen LogP contribution in [0.1, 0.15) is 0 Å². The SMILES string of the molecule is CN1CC(CNC(=O)Nc2nc(-c3cc(Cl)c4ncccc4c3)c(-c3ccn(C)n3)nc2N)C1. The first-order valence-corrected chi connectivity index (χ1v) is 11.2. The van der Waals surface area contributed by atoms with Crippen molar-refractivity contribution in [3.05, 3.63) is 47.7 Å². The van der Waals surface area contributed by atoms with Crippen molar-refractivity contribution in [2.24, 2.45) is 13.0 Å². The van der Waals surface area contributed by atoms with Crippen LogP contribution in [0.5, 0.6) is 0 Å². The van der Waals surface area contributed by atoms with Gasteiger partial charge in [-0.05, 0) is 31.3 Å². The number of nitrogens with one attached hydrogen (secondary N) is 2. The monoisotopic (exact) mass is 477 g/mol. The van der Waals surface area contributed by atoms with Crippen molar-refractivity contribution < 1.29 is 4.79 Å². The first-order chi connectivity index (χ1) is 16.4. The minimum Gasteiger partial charge on any atom is -0.381 e. The summed E-state index contributed by atoms with van der Waals surface area (Å²) in [5, 5.41) is 11.4. The molecular weight excluding hydrogens is 454 g/mol. The Morgan fingerprint density at radius 3 is 2.76 bits per heavy atom. The molecule has 0 atom stereocenters. The molecule has 5 rings (SSSR count). The molecule has 1 aliphatic heterocycles. The van der Waals surface area contributed by atoms with E-state index in [1.54, 1.807) is 16.9 Å². The van der Waals surface area contributed by atoms with Crippen molar-refractivity contribution in [1.82, 2.24) is 34.9 Å². The van der Waals surface area contributed by atoms with Crippen LogP contribution in [0.15, 0.2) is 42.7 Å². The van der Waals surface area contributed by atoms with E-state index >= 15 is 0 Å². The molecule has 2 amide bonds. The second-order valence-corrected chi connectivity index (χ2v) is 8.89. The lowest BCUT2D eigenvalue weighted by molar-refractivity contribution is 0.134. The average molecular weight is 478 g/mol. The number of likely N-dealkylation sites (tertiary alicyclic amines) is 1. The lowest BCUT2D eigenvalue weighted by Crippen LogP contribution is -2.49. The van der Waals surface area contributed by atoms with E-state index in [1.807, 2.05) is 44.6 Å². The first kappa shape index (κ1) is 22.1. The van der Waals surface area contributed by atoms with Crippen LogP contribution in [0.25, 0.3) is 33.5 Å². The molecule has 0 bridgehead atoms. The van der Waals surface area contributed by atoms with Gasteiger partial charge in [0.1, 0.15) is 17.1 Å². The summed E-state index contributed by atoms with van der Waals surface area (Å²) in [5.41, 5.74) is 9.18. The highest BCUT2D eigenvalue weighted by atomic mass is 35.5. The molecule has 174 valence electrons. The molecular formula is C23H24ClN9O. The van der Waals surface area contributed by atoms with Gasteiger partial charge in [-0.1, -0.05) is 17.7 Å². The number of rotatable bonds is 5. The molecule has 1 saturated heterocycles. The molecule has 0 spiro atoms. The number of nitrogen functional groups attached to an aromatic ring is 1.